The van der Waals surface area contributed by atoms with Gasteiger partial charge in [0.2, 0.25) is 0 Å². The molecule has 0 saturated heterocycles. The molecule has 1 heterocycles. The number of amides is 1. The van der Waals surface area contributed by atoms with Crippen molar-refractivity contribution in [3.8, 4) is 0 Å². The molecule has 2 aromatic rings. The molecule has 1 aromatic heterocycles. The number of hydrogen-bond donors (Lipinski definition) is 3. The fourth-order valence-electron chi connectivity index (χ4n) is 8.40. The molecule has 4 aliphatic carbocycles. The van der Waals surface area contributed by atoms with Gasteiger partial charge in [-0.25, -0.2) is 13.8 Å². The van der Waals surface area contributed by atoms with Crippen LogP contribution in [0, 0.1) is 34.4 Å². The van der Waals surface area contributed by atoms with Gasteiger partial charge in [-0.1, -0.05) is 31.6 Å². The molecule has 3 fully saturated rings. The van der Waals surface area contributed by atoms with Crippen LogP contribution >= 0.6 is 11.3 Å². The van der Waals surface area contributed by atoms with Gasteiger partial charge in [0, 0.05) is 27.7 Å². The maximum atomic E-state index is 17.4. The summed E-state index contributed by atoms with van der Waals surface area (Å²) in [7, 11) is 0. The average molecular weight is 555 g/mol. The van der Waals surface area contributed by atoms with Crippen LogP contribution in [0.1, 0.15) is 62.5 Å². The molecule has 6 nitrogen and oxygen atoms in total. The molecule has 0 unspecified atom stereocenters. The molecule has 8 atom stereocenters. The Hall–Kier alpha value is -2.75. The van der Waals surface area contributed by atoms with Gasteiger partial charge in [-0.15, -0.1) is 11.3 Å². The number of nitrogens with one attached hydrogen (secondary N) is 1. The summed E-state index contributed by atoms with van der Waals surface area (Å²) < 4.78 is 30.9. The molecule has 3 N–H and O–H groups in total. The van der Waals surface area contributed by atoms with E-state index >= 15 is 4.39 Å². The molecule has 1 aromatic carbocycles. The first-order valence-electron chi connectivity index (χ1n) is 13.4. The topological polar surface area (TPSA) is 99.5 Å². The van der Waals surface area contributed by atoms with E-state index in [0.717, 1.165) is 23.0 Å². The van der Waals surface area contributed by atoms with Crippen molar-refractivity contribution in [1.29, 1.82) is 0 Å². The lowest BCUT2D eigenvalue weighted by Crippen LogP contribution is -2.68. The summed E-state index contributed by atoms with van der Waals surface area (Å²) in [5.74, 6) is -2.24. The van der Waals surface area contributed by atoms with Crippen molar-refractivity contribution in [3.05, 3.63) is 70.5 Å². The van der Waals surface area contributed by atoms with Crippen LogP contribution in [0.3, 0.4) is 0 Å². The number of aliphatic hydroxyl groups is 2. The summed E-state index contributed by atoms with van der Waals surface area (Å²) in [6.45, 7) is 5.62. The van der Waals surface area contributed by atoms with Crippen molar-refractivity contribution in [2.75, 3.05) is 5.32 Å². The SMILES string of the molecule is C[C@@H]1C[C@H]2[C@@H]3CCC4=CC(=O)C=C[C@]4(C)[C@@]3(F)[C@@H](O)C[C@]2(C)[C@@]1(O)c1csc(NC(=O)c2cccc(F)c2)n1. The number of hydrogen-bond acceptors (Lipinski definition) is 6. The van der Waals surface area contributed by atoms with Gasteiger partial charge < -0.3 is 10.2 Å². The molecule has 1 amide bonds. The van der Waals surface area contributed by atoms with E-state index in [0.29, 0.717) is 25.0 Å². The molecule has 39 heavy (non-hydrogen) atoms. The van der Waals surface area contributed by atoms with Crippen LogP contribution in [0.15, 0.2) is 53.4 Å². The second kappa shape index (κ2) is 8.62. The van der Waals surface area contributed by atoms with Crippen LogP contribution in [-0.2, 0) is 10.4 Å². The Bertz CT molecular complexity index is 1440. The van der Waals surface area contributed by atoms with Crippen LogP contribution in [0.25, 0.3) is 0 Å². The number of fused-ring (bicyclic) bond motifs is 5. The molecular weight excluding hydrogens is 522 g/mol. The number of thiazole rings is 1. The van der Waals surface area contributed by atoms with Crippen LogP contribution in [0.2, 0.25) is 0 Å². The van der Waals surface area contributed by atoms with Crippen molar-refractivity contribution in [3.63, 3.8) is 0 Å². The summed E-state index contributed by atoms with van der Waals surface area (Å²) in [6.07, 6.45) is 4.79. The van der Waals surface area contributed by atoms with Crippen molar-refractivity contribution in [1.82, 2.24) is 4.98 Å². The van der Waals surface area contributed by atoms with Crippen LogP contribution in [0.5, 0.6) is 0 Å². The van der Waals surface area contributed by atoms with E-state index in [2.05, 4.69) is 10.3 Å². The molecule has 0 aliphatic heterocycles. The maximum absolute atomic E-state index is 17.4. The number of aliphatic hydroxyl groups excluding tert-OH is 1. The first-order valence-corrected chi connectivity index (χ1v) is 14.3. The Kier molecular flexibility index (Phi) is 5.85. The highest BCUT2D eigenvalue weighted by Crippen LogP contribution is 2.72. The molecule has 6 rings (SSSR count). The summed E-state index contributed by atoms with van der Waals surface area (Å²) in [5, 5.41) is 28.6. The van der Waals surface area contributed by atoms with Crippen LogP contribution < -0.4 is 5.32 Å². The van der Waals surface area contributed by atoms with Crippen molar-refractivity contribution in [2.24, 2.45) is 28.6 Å². The highest BCUT2D eigenvalue weighted by Gasteiger charge is 2.74. The smallest absolute Gasteiger partial charge is 0.257 e. The van der Waals surface area contributed by atoms with Crippen molar-refractivity contribution < 1.29 is 28.6 Å². The van der Waals surface area contributed by atoms with E-state index in [1.807, 2.05) is 13.8 Å². The van der Waals surface area contributed by atoms with Gasteiger partial charge >= 0.3 is 0 Å². The molecule has 3 saturated carbocycles. The largest absolute Gasteiger partial charge is 0.390 e. The van der Waals surface area contributed by atoms with E-state index in [9.17, 15) is 24.2 Å². The number of alkyl halides is 1. The lowest BCUT2D eigenvalue weighted by Gasteiger charge is -2.62. The number of carbonyl (C=O) groups excluding carboxylic acids is 2. The predicted octanol–water partition coefficient (Wildman–Crippen LogP) is 5.34. The van der Waals surface area contributed by atoms with E-state index in [1.165, 1.54) is 30.4 Å². The van der Waals surface area contributed by atoms with Crippen molar-refractivity contribution in [2.45, 2.75) is 63.8 Å². The Morgan fingerprint density at radius 3 is 2.77 bits per heavy atom. The molecule has 9 heteroatoms. The molecule has 0 spiro atoms. The third-order valence-electron chi connectivity index (χ3n) is 10.4. The standard InChI is InChI=1S/C30H32F2N2O4S/c1-16-11-22-21-8-7-18-13-20(35)9-10-27(18,2)29(21,32)24(36)14-28(22,3)30(16,38)23-15-39-26(33-23)34-25(37)17-5-4-6-19(31)12-17/h4-6,9-10,12-13,15-16,21-22,24,36,38H,7-8,11,14H2,1-3H3,(H,33,34,37)/t16-,21+,22+,24+,27+,28+,29+,30+/m1/s1. The number of rotatable bonds is 3. The number of nitrogens with zero attached hydrogens (tertiary/aromatic N) is 1. The highest BCUT2D eigenvalue weighted by molar-refractivity contribution is 7.14. The minimum absolute atomic E-state index is 0.0265. The summed E-state index contributed by atoms with van der Waals surface area (Å²) in [4.78, 5) is 29.3. The zero-order valence-electron chi connectivity index (χ0n) is 22.1. The Balaban J connectivity index is 1.33. The number of carbonyl (C=O) groups is 2. The van der Waals surface area contributed by atoms with Crippen LogP contribution in [0.4, 0.5) is 13.9 Å². The number of ketones is 1. The number of allylic oxidation sites excluding steroid dienone is 4. The van der Waals surface area contributed by atoms with E-state index in [-0.39, 0.29) is 34.7 Å². The van der Waals surface area contributed by atoms with Crippen LogP contribution in [-0.4, -0.2) is 38.7 Å². The Labute approximate surface area is 229 Å². The molecule has 206 valence electrons. The van der Waals surface area contributed by atoms with E-state index in [4.69, 9.17) is 0 Å². The normalized spacial score (nSPS) is 40.9. The molecule has 0 bridgehead atoms. The lowest BCUT2D eigenvalue weighted by molar-refractivity contribution is -0.223. The van der Waals surface area contributed by atoms with E-state index in [1.54, 1.807) is 18.4 Å². The number of benzene rings is 1. The number of anilines is 1. The summed E-state index contributed by atoms with van der Waals surface area (Å²) in [5.41, 5.74) is -4.17. The van der Waals surface area contributed by atoms with Gasteiger partial charge in [0.15, 0.2) is 16.6 Å². The predicted molar refractivity (Wildman–Crippen MR) is 143 cm³/mol. The quantitative estimate of drug-likeness (QED) is 0.476. The van der Waals surface area contributed by atoms with Crippen molar-refractivity contribution >= 4 is 28.2 Å². The van der Waals surface area contributed by atoms with Gasteiger partial charge in [0.1, 0.15) is 11.4 Å². The van der Waals surface area contributed by atoms with Gasteiger partial charge in [-0.2, -0.15) is 0 Å². The highest BCUT2D eigenvalue weighted by atomic mass is 32.1. The maximum Gasteiger partial charge on any atom is 0.257 e. The lowest BCUT2D eigenvalue weighted by atomic mass is 9.44. The number of halogens is 2. The van der Waals surface area contributed by atoms with Gasteiger partial charge in [-0.3, -0.25) is 14.9 Å². The van der Waals surface area contributed by atoms with Gasteiger partial charge in [0.25, 0.3) is 5.91 Å². The zero-order valence-corrected chi connectivity index (χ0v) is 22.9. The third-order valence-corrected chi connectivity index (χ3v) is 11.2. The Morgan fingerprint density at radius 2 is 2.03 bits per heavy atom. The molecule has 4 aliphatic rings. The summed E-state index contributed by atoms with van der Waals surface area (Å²) >= 11 is 1.16. The second-order valence-electron chi connectivity index (χ2n) is 12.2. The molecule has 0 radical (unpaired) electrons. The minimum atomic E-state index is -1.98. The minimum Gasteiger partial charge on any atom is -0.390 e. The Morgan fingerprint density at radius 1 is 1.26 bits per heavy atom. The van der Waals surface area contributed by atoms with Gasteiger partial charge in [0.05, 0.1) is 11.8 Å². The second-order valence-corrected chi connectivity index (χ2v) is 13.0. The first-order chi connectivity index (χ1) is 18.3. The number of aromatic nitrogens is 1. The monoisotopic (exact) mass is 554 g/mol. The molecular formula is C30H32F2N2O4S. The van der Waals surface area contributed by atoms with E-state index < -0.39 is 45.8 Å². The first kappa shape index (κ1) is 26.5. The fraction of sp³-hybridized carbons (Fsp3) is 0.500. The zero-order chi connectivity index (χ0) is 28.0. The fourth-order valence-corrected chi connectivity index (χ4v) is 9.16. The third kappa shape index (κ3) is 3.45. The summed E-state index contributed by atoms with van der Waals surface area (Å²) in [6, 6.07) is 5.34. The average Bonchev–Trinajstić information content (AvgIpc) is 3.43. The van der Waals surface area contributed by atoms with Gasteiger partial charge in [-0.05, 0) is 74.8 Å².